The normalized spacial score (nSPS) is 16.5. The van der Waals surface area contributed by atoms with Crippen molar-refractivity contribution in [3.8, 4) is 11.1 Å². The Morgan fingerprint density at radius 3 is 1.05 bits per heavy atom. The van der Waals surface area contributed by atoms with Gasteiger partial charge in [-0.2, -0.15) is 0 Å². The predicted octanol–water partition coefficient (Wildman–Crippen LogP) is 16.2. The molecule has 3 atom stereocenters. The van der Waals surface area contributed by atoms with Crippen molar-refractivity contribution in [2.45, 2.75) is 207 Å². The van der Waals surface area contributed by atoms with Crippen molar-refractivity contribution in [3.63, 3.8) is 0 Å². The van der Waals surface area contributed by atoms with Crippen LogP contribution in [0.2, 0.25) is 0 Å². The van der Waals surface area contributed by atoms with Crippen molar-refractivity contribution in [1.82, 2.24) is 62.3 Å². The number of benzene rings is 10. The molecule has 12 amide bonds. The molecule has 3 aliphatic carbocycles. The standard InChI is InChI=1S/C24H22N2O3.C21H24N2O3.C19H20N2O3.C18H24N2O3.C17H22N2O3.C17H20N2O3/c27-23(14-17-6-8-19(9-7-17)18-4-2-1-3-5-18)26-13-12-20-15-21(24(28)25-29)10-11-22(20)16-26;1-14(2)19(15-6-4-3-5-7-15)21(25)23-11-10-16-12-17(20(24)22-26)8-9-18(16)13-23;1-13(14-5-3-2-4-6-14)19(23)21-10-9-15-11-16(18(22)20-24)7-8-17(15)12-21;1-18(8-3-2-4-9-18)17(22)20-10-7-13-11-14(16(21)19-23)5-6-15(13)12-20;20-16(9-12-3-1-2-4-12)19-8-7-13-10-14(17(21)18-22)5-6-15(13)11-19;20-16(18-22)14-6-7-15-11-19(9-8-13(15)10-14)17(21)12-4-2-1-3-5-12/h1-11,15,29H,12-14,16H2,(H,25,28);3-9,12,14,19,26H,10-11,13H2,1-2H3,(H,22,24);2-8,11,13,24H,9-10,12H2,1H3,(H,20,22);5-6,11,23H,2-4,7-10,12H2,1H3,(H,19,21);5-6,10,12,22H,1-4,7-9,11H2,(H,18,21);1-2,6-7,10,12,22H,3-5,8-9,11H2,(H,18,20)/t;;13-;;;/m..0.../s1. The van der Waals surface area contributed by atoms with Gasteiger partial charge in [-0.1, -0.05) is 217 Å². The number of rotatable bonds is 18. The second-order valence-corrected chi connectivity index (χ2v) is 39.6. The van der Waals surface area contributed by atoms with E-state index in [0.29, 0.717) is 150 Å². The highest BCUT2D eigenvalue weighted by atomic mass is 16.5. The van der Waals surface area contributed by atoms with Crippen molar-refractivity contribution in [3.05, 3.63) is 353 Å². The third kappa shape index (κ3) is 27.5. The van der Waals surface area contributed by atoms with Gasteiger partial charge in [0.1, 0.15) is 0 Å². The summed E-state index contributed by atoms with van der Waals surface area (Å²) in [6.45, 7) is 15.7. The average molecular weight is 1980 g/mol. The van der Waals surface area contributed by atoms with E-state index in [2.05, 4.69) is 57.2 Å². The number of nitrogens with zero attached hydrogens (tertiary/aromatic N) is 6. The van der Waals surface area contributed by atoms with Gasteiger partial charge in [0, 0.05) is 130 Å². The van der Waals surface area contributed by atoms with Gasteiger partial charge in [0.15, 0.2) is 0 Å². The van der Waals surface area contributed by atoms with E-state index in [1.54, 1.807) is 99.6 Å². The Morgan fingerprint density at radius 2 is 0.671 bits per heavy atom. The first kappa shape index (κ1) is 107. The van der Waals surface area contributed by atoms with Gasteiger partial charge < -0.3 is 29.4 Å². The summed E-state index contributed by atoms with van der Waals surface area (Å²) in [6, 6.07) is 70.1. The molecule has 10 aromatic rings. The predicted molar refractivity (Wildman–Crippen MR) is 548 cm³/mol. The first-order chi connectivity index (χ1) is 70.6. The van der Waals surface area contributed by atoms with Crippen molar-refractivity contribution < 1.29 is 88.8 Å². The highest BCUT2D eigenvalue weighted by Crippen LogP contribution is 2.40. The molecule has 2 saturated carbocycles. The maximum absolute atomic E-state index is 13.2. The van der Waals surface area contributed by atoms with Crippen LogP contribution in [0, 0.1) is 23.2 Å². The van der Waals surface area contributed by atoms with Crippen LogP contribution in [-0.2, 0) is 113 Å². The van der Waals surface area contributed by atoms with Crippen molar-refractivity contribution >= 4 is 70.9 Å². The smallest absolute Gasteiger partial charge is 0.274 e. The second-order valence-electron chi connectivity index (χ2n) is 39.6. The molecule has 0 saturated heterocycles. The Morgan fingerprint density at radius 1 is 0.336 bits per heavy atom. The van der Waals surface area contributed by atoms with Crippen LogP contribution in [0.5, 0.6) is 0 Å². The third-order valence-corrected chi connectivity index (χ3v) is 29.6. The SMILES string of the molecule is CC(C)C(C(=O)N1CCc2cc(C(=O)NO)ccc2C1)c1ccccc1.CC1(C(=O)N2CCc3cc(C(=O)NO)ccc3C2)CCCCC1.C[C@H](C(=O)N1CCc2cc(C(=O)NO)ccc2C1)c1ccccc1.O=C(NO)c1ccc2c(c1)CCN(C(=O)C1CC=CCC1)C2.O=C(NO)c1ccc2c(c1)CCN(C(=O)CC1CCCC1)C2.O=C(NO)c1ccc2c(c1)CCN(C(=O)Cc1ccc(-c3ccccc3)cc1)C2. The van der Waals surface area contributed by atoms with Crippen LogP contribution in [0.4, 0.5) is 0 Å². The van der Waals surface area contributed by atoms with E-state index in [1.807, 2.05) is 170 Å². The lowest BCUT2D eigenvalue weighted by Gasteiger charge is -2.39. The van der Waals surface area contributed by atoms with Gasteiger partial charge in [-0.25, -0.2) is 32.9 Å². The minimum Gasteiger partial charge on any atom is -0.338 e. The quantitative estimate of drug-likeness (QED) is 0.0216. The average Bonchev–Trinajstić information content (AvgIpc) is 0.985. The molecule has 10 aromatic carbocycles. The fourth-order valence-electron chi connectivity index (χ4n) is 21.1. The summed E-state index contributed by atoms with van der Waals surface area (Å²) in [7, 11) is 0. The topological polar surface area (TPSA) is 418 Å². The molecular weight excluding hydrogens is 1850 g/mol. The lowest BCUT2D eigenvalue weighted by atomic mass is 9.74. The van der Waals surface area contributed by atoms with Crippen molar-refractivity contribution in [2.75, 3.05) is 39.3 Å². The summed E-state index contributed by atoms with van der Waals surface area (Å²) in [5.74, 6) is -1.35. The molecule has 9 aliphatic rings. The number of hydrogen-bond donors (Lipinski definition) is 12. The molecule has 30 heteroatoms. The molecule has 6 aliphatic heterocycles. The van der Waals surface area contributed by atoms with Gasteiger partial charge in [0.2, 0.25) is 35.4 Å². The Hall–Kier alpha value is -14.7. The van der Waals surface area contributed by atoms with Gasteiger partial charge in [0.05, 0.1) is 18.3 Å². The molecule has 12 N–H and O–H groups in total. The molecule has 0 spiro atoms. The zero-order chi connectivity index (χ0) is 104. The van der Waals surface area contributed by atoms with Gasteiger partial charge in [-0.3, -0.25) is 88.8 Å². The lowest BCUT2D eigenvalue weighted by Crippen LogP contribution is -2.45. The Bertz CT molecular complexity index is 6360. The van der Waals surface area contributed by atoms with Gasteiger partial charge in [0.25, 0.3) is 35.4 Å². The molecule has 2 unspecified atom stereocenters. The summed E-state index contributed by atoms with van der Waals surface area (Å²) >= 11 is 0. The first-order valence-electron chi connectivity index (χ1n) is 50.6. The summed E-state index contributed by atoms with van der Waals surface area (Å²) in [5, 5.41) is 52.4. The number of nitrogens with one attached hydrogen (secondary N) is 6. The molecule has 0 bridgehead atoms. The van der Waals surface area contributed by atoms with E-state index in [1.165, 1.54) is 32.1 Å². The van der Waals surface area contributed by atoms with Crippen LogP contribution in [0.25, 0.3) is 11.1 Å². The van der Waals surface area contributed by atoms with Crippen LogP contribution in [-0.4, -0.2) is 171 Å². The number of hydroxylamine groups is 6. The highest BCUT2D eigenvalue weighted by molar-refractivity contribution is 5.97. The third-order valence-electron chi connectivity index (χ3n) is 29.6. The minimum atomic E-state index is -0.523. The number of allylic oxidation sites excluding steroid dienone is 2. The van der Waals surface area contributed by atoms with Gasteiger partial charge >= 0.3 is 0 Å². The molecule has 146 heavy (non-hydrogen) atoms. The number of carbonyl (C=O) groups is 12. The zero-order valence-electron chi connectivity index (χ0n) is 83.3. The summed E-state index contributed by atoms with van der Waals surface area (Å²) < 4.78 is 0. The fourth-order valence-corrected chi connectivity index (χ4v) is 21.1. The fraction of sp³-hybridized carbons (Fsp3) is 0.362. The van der Waals surface area contributed by atoms with E-state index in [9.17, 15) is 57.5 Å². The number of amides is 12. The zero-order valence-corrected chi connectivity index (χ0v) is 83.3. The molecule has 6 heterocycles. The van der Waals surface area contributed by atoms with Crippen LogP contribution < -0.4 is 32.9 Å². The van der Waals surface area contributed by atoms with Crippen LogP contribution in [0.1, 0.15) is 269 Å². The molecule has 0 aromatic heterocycles. The van der Waals surface area contributed by atoms with E-state index in [0.717, 1.165) is 159 Å². The van der Waals surface area contributed by atoms with E-state index in [-0.39, 0.29) is 64.5 Å². The summed E-state index contributed by atoms with van der Waals surface area (Å²) in [5.41, 5.74) is 30.5. The molecule has 19 rings (SSSR count). The first-order valence-corrected chi connectivity index (χ1v) is 50.6. The van der Waals surface area contributed by atoms with Crippen molar-refractivity contribution in [2.24, 2.45) is 23.2 Å². The molecule has 0 radical (unpaired) electrons. The van der Waals surface area contributed by atoms with Crippen molar-refractivity contribution in [1.29, 1.82) is 0 Å². The van der Waals surface area contributed by atoms with E-state index < -0.39 is 35.4 Å². The van der Waals surface area contributed by atoms with Crippen LogP contribution in [0.3, 0.4) is 0 Å². The molecular formula is C116H132N12O18. The molecule has 30 nitrogen and oxygen atoms in total. The van der Waals surface area contributed by atoms with Crippen LogP contribution in [0.15, 0.2) is 237 Å². The number of fused-ring (bicyclic) bond motifs is 6. The minimum absolute atomic E-state index is 0.0975. The largest absolute Gasteiger partial charge is 0.338 e. The molecule has 764 valence electrons. The van der Waals surface area contributed by atoms with E-state index in [4.69, 9.17) is 31.2 Å². The van der Waals surface area contributed by atoms with E-state index >= 15 is 0 Å². The maximum Gasteiger partial charge on any atom is 0.274 e. The summed E-state index contributed by atoms with van der Waals surface area (Å²) in [4.78, 5) is 157. The monoisotopic (exact) mass is 1980 g/mol. The maximum atomic E-state index is 13.2. The lowest BCUT2D eigenvalue weighted by molar-refractivity contribution is -0.144. The highest BCUT2D eigenvalue weighted by Gasteiger charge is 2.40. The number of hydrogen-bond acceptors (Lipinski definition) is 18. The second kappa shape index (κ2) is 51.2. The van der Waals surface area contributed by atoms with Gasteiger partial charge in [-0.15, -0.1) is 0 Å². The van der Waals surface area contributed by atoms with Crippen LogP contribution >= 0.6 is 0 Å². The Balaban J connectivity index is 0.000000139. The Labute approximate surface area is 851 Å². The molecule has 2 fully saturated rings. The Kier molecular flexibility index (Phi) is 37.6. The van der Waals surface area contributed by atoms with Gasteiger partial charge in [-0.05, 0) is 270 Å². The summed E-state index contributed by atoms with van der Waals surface area (Å²) in [6.07, 6.45) is 22.8. The number of carbonyl (C=O) groups excluding carboxylic acids is 12.